The first kappa shape index (κ1) is 14.5. The quantitative estimate of drug-likeness (QED) is 0.939. The van der Waals surface area contributed by atoms with Gasteiger partial charge in [-0.1, -0.05) is 17.7 Å². The lowest BCUT2D eigenvalue weighted by Crippen LogP contribution is -2.14. The summed E-state index contributed by atoms with van der Waals surface area (Å²) in [7, 11) is 1.55. The Morgan fingerprint density at radius 3 is 2.82 bits per heavy atom. The number of ether oxygens (including phenoxy) is 3. The van der Waals surface area contributed by atoms with Crippen molar-refractivity contribution in [2.75, 3.05) is 19.2 Å². The topological polar surface area (TPSA) is 56.8 Å². The van der Waals surface area contributed by atoms with E-state index in [1.165, 1.54) is 0 Å². The van der Waals surface area contributed by atoms with Crippen LogP contribution in [0.4, 0.5) is 5.69 Å². The van der Waals surface area contributed by atoms with Crippen molar-refractivity contribution in [2.45, 2.75) is 6.42 Å². The number of nitrogens with one attached hydrogen (secondary N) is 1. The number of rotatable bonds is 4. The predicted molar refractivity (Wildman–Crippen MR) is 82.9 cm³/mol. The van der Waals surface area contributed by atoms with Crippen LogP contribution in [0.5, 0.6) is 17.2 Å². The predicted octanol–water partition coefficient (Wildman–Crippen LogP) is 3.26. The third-order valence-electron chi connectivity index (χ3n) is 3.24. The third kappa shape index (κ3) is 3.09. The number of fused-ring (bicyclic) bond motifs is 1. The molecule has 0 bridgehead atoms. The zero-order valence-electron chi connectivity index (χ0n) is 11.9. The van der Waals surface area contributed by atoms with Gasteiger partial charge >= 0.3 is 0 Å². The highest BCUT2D eigenvalue weighted by atomic mass is 35.5. The van der Waals surface area contributed by atoms with Crippen molar-refractivity contribution in [3.05, 3.63) is 47.0 Å². The molecule has 0 atom stereocenters. The Morgan fingerprint density at radius 2 is 2.05 bits per heavy atom. The highest BCUT2D eigenvalue weighted by Crippen LogP contribution is 2.34. The molecule has 1 amide bonds. The molecule has 1 aliphatic heterocycles. The van der Waals surface area contributed by atoms with E-state index in [4.69, 9.17) is 25.8 Å². The van der Waals surface area contributed by atoms with Crippen LogP contribution in [0.2, 0.25) is 5.02 Å². The second-order valence-electron chi connectivity index (χ2n) is 4.76. The summed E-state index contributed by atoms with van der Waals surface area (Å²) in [6.45, 7) is 0.205. The fourth-order valence-corrected chi connectivity index (χ4v) is 2.47. The Morgan fingerprint density at radius 1 is 1.23 bits per heavy atom. The zero-order valence-corrected chi connectivity index (χ0v) is 12.6. The molecule has 0 unspecified atom stereocenters. The van der Waals surface area contributed by atoms with Crippen molar-refractivity contribution in [1.29, 1.82) is 0 Å². The van der Waals surface area contributed by atoms with Crippen LogP contribution in [0.1, 0.15) is 5.56 Å². The molecule has 1 N–H and O–H groups in total. The molecule has 3 rings (SSSR count). The van der Waals surface area contributed by atoms with E-state index < -0.39 is 0 Å². The summed E-state index contributed by atoms with van der Waals surface area (Å²) in [6, 6.07) is 10.5. The maximum Gasteiger partial charge on any atom is 0.231 e. The standard InChI is InChI=1S/C16H14ClNO4/c1-20-13-4-2-10(6-12(13)17)7-16(19)18-11-3-5-14-15(8-11)22-9-21-14/h2-6,8H,7,9H2,1H3,(H,18,19). The first-order valence-electron chi connectivity index (χ1n) is 6.67. The Kier molecular flexibility index (Phi) is 4.06. The number of halogens is 1. The molecule has 0 spiro atoms. The molecular weight excluding hydrogens is 306 g/mol. The van der Waals surface area contributed by atoms with E-state index in [-0.39, 0.29) is 19.1 Å². The van der Waals surface area contributed by atoms with Gasteiger partial charge in [-0.3, -0.25) is 4.79 Å². The maximum atomic E-state index is 12.1. The van der Waals surface area contributed by atoms with Crippen molar-refractivity contribution in [2.24, 2.45) is 0 Å². The molecule has 1 heterocycles. The molecule has 2 aromatic carbocycles. The van der Waals surface area contributed by atoms with E-state index in [0.717, 1.165) is 5.56 Å². The molecule has 6 heteroatoms. The normalized spacial score (nSPS) is 12.1. The summed E-state index contributed by atoms with van der Waals surface area (Å²) in [5.41, 5.74) is 1.47. The molecule has 0 saturated carbocycles. The molecule has 2 aromatic rings. The van der Waals surface area contributed by atoms with Gasteiger partial charge in [0.15, 0.2) is 11.5 Å². The molecule has 5 nitrogen and oxygen atoms in total. The third-order valence-corrected chi connectivity index (χ3v) is 3.53. The van der Waals surface area contributed by atoms with Crippen LogP contribution in [-0.2, 0) is 11.2 Å². The molecular formula is C16H14ClNO4. The van der Waals surface area contributed by atoms with Crippen LogP contribution in [0.25, 0.3) is 0 Å². The molecule has 114 valence electrons. The van der Waals surface area contributed by atoms with Crippen LogP contribution >= 0.6 is 11.6 Å². The van der Waals surface area contributed by atoms with Crippen LogP contribution in [0.3, 0.4) is 0 Å². The Hall–Kier alpha value is -2.40. The number of benzene rings is 2. The summed E-state index contributed by atoms with van der Waals surface area (Å²) >= 11 is 6.05. The van der Waals surface area contributed by atoms with Gasteiger partial charge in [0.05, 0.1) is 18.6 Å². The van der Waals surface area contributed by atoms with Crippen molar-refractivity contribution in [3.63, 3.8) is 0 Å². The lowest BCUT2D eigenvalue weighted by atomic mass is 10.1. The highest BCUT2D eigenvalue weighted by molar-refractivity contribution is 6.32. The van der Waals surface area contributed by atoms with Gasteiger partial charge in [0.1, 0.15) is 5.75 Å². The zero-order chi connectivity index (χ0) is 15.5. The number of anilines is 1. The fraction of sp³-hybridized carbons (Fsp3) is 0.188. The summed E-state index contributed by atoms with van der Waals surface area (Å²) < 4.78 is 15.6. The minimum absolute atomic E-state index is 0.139. The van der Waals surface area contributed by atoms with Crippen LogP contribution in [0, 0.1) is 0 Å². The van der Waals surface area contributed by atoms with E-state index in [1.54, 1.807) is 37.4 Å². The Bertz CT molecular complexity index is 717. The van der Waals surface area contributed by atoms with Crippen molar-refractivity contribution in [3.8, 4) is 17.2 Å². The van der Waals surface area contributed by atoms with Gasteiger partial charge in [0.2, 0.25) is 12.7 Å². The first-order valence-corrected chi connectivity index (χ1v) is 7.05. The van der Waals surface area contributed by atoms with Crippen LogP contribution in [-0.4, -0.2) is 19.8 Å². The lowest BCUT2D eigenvalue weighted by Gasteiger charge is -2.08. The van der Waals surface area contributed by atoms with E-state index in [0.29, 0.717) is 28.0 Å². The number of methoxy groups -OCH3 is 1. The van der Waals surface area contributed by atoms with Gasteiger partial charge in [0, 0.05) is 11.8 Å². The first-order chi connectivity index (χ1) is 10.7. The van der Waals surface area contributed by atoms with Gasteiger partial charge in [0.25, 0.3) is 0 Å². The Labute approximate surface area is 132 Å². The fourth-order valence-electron chi connectivity index (χ4n) is 2.18. The van der Waals surface area contributed by atoms with Gasteiger partial charge < -0.3 is 19.5 Å². The van der Waals surface area contributed by atoms with Crippen molar-refractivity contribution >= 4 is 23.2 Å². The number of carbonyl (C=O) groups excluding carboxylic acids is 1. The molecule has 22 heavy (non-hydrogen) atoms. The number of hydrogen-bond donors (Lipinski definition) is 1. The monoisotopic (exact) mass is 319 g/mol. The molecule has 0 radical (unpaired) electrons. The summed E-state index contributed by atoms with van der Waals surface area (Å²) in [5, 5.41) is 3.30. The van der Waals surface area contributed by atoms with Gasteiger partial charge in [-0.25, -0.2) is 0 Å². The number of amides is 1. The Balaban J connectivity index is 1.66. The molecule has 1 aliphatic rings. The van der Waals surface area contributed by atoms with Gasteiger partial charge in [-0.2, -0.15) is 0 Å². The largest absolute Gasteiger partial charge is 0.495 e. The second kappa shape index (κ2) is 6.15. The maximum absolute atomic E-state index is 12.1. The van der Waals surface area contributed by atoms with Crippen molar-refractivity contribution < 1.29 is 19.0 Å². The van der Waals surface area contributed by atoms with Gasteiger partial charge in [-0.05, 0) is 29.8 Å². The SMILES string of the molecule is COc1ccc(CC(=O)Nc2ccc3c(c2)OCO3)cc1Cl. The van der Waals surface area contributed by atoms with E-state index in [2.05, 4.69) is 5.32 Å². The van der Waals surface area contributed by atoms with Gasteiger partial charge in [-0.15, -0.1) is 0 Å². The lowest BCUT2D eigenvalue weighted by molar-refractivity contribution is -0.115. The minimum atomic E-state index is -0.139. The highest BCUT2D eigenvalue weighted by Gasteiger charge is 2.14. The molecule has 0 aliphatic carbocycles. The van der Waals surface area contributed by atoms with Crippen LogP contribution in [0.15, 0.2) is 36.4 Å². The smallest absolute Gasteiger partial charge is 0.231 e. The average Bonchev–Trinajstić information content (AvgIpc) is 2.95. The molecule has 0 aromatic heterocycles. The summed E-state index contributed by atoms with van der Waals surface area (Å²) in [6.07, 6.45) is 0.220. The minimum Gasteiger partial charge on any atom is -0.495 e. The van der Waals surface area contributed by atoms with E-state index in [1.807, 2.05) is 6.07 Å². The van der Waals surface area contributed by atoms with E-state index in [9.17, 15) is 4.79 Å². The summed E-state index contributed by atoms with van der Waals surface area (Å²) in [4.78, 5) is 12.1. The second-order valence-corrected chi connectivity index (χ2v) is 5.17. The molecule has 0 saturated heterocycles. The number of hydrogen-bond acceptors (Lipinski definition) is 4. The average molecular weight is 320 g/mol. The van der Waals surface area contributed by atoms with Crippen molar-refractivity contribution in [1.82, 2.24) is 0 Å². The number of carbonyl (C=O) groups is 1. The molecule has 0 fully saturated rings. The van der Waals surface area contributed by atoms with E-state index >= 15 is 0 Å². The van der Waals surface area contributed by atoms with Crippen LogP contribution < -0.4 is 19.5 Å². The summed E-state index contributed by atoms with van der Waals surface area (Å²) in [5.74, 6) is 1.76.